The monoisotopic (exact) mass is 411 g/mol. The van der Waals surface area contributed by atoms with Crippen LogP contribution in [0.25, 0.3) is 0 Å². The number of ether oxygens (including phenoxy) is 2. The first-order valence-corrected chi connectivity index (χ1v) is 10.7. The molecule has 7 nitrogen and oxygen atoms in total. The summed E-state index contributed by atoms with van der Waals surface area (Å²) >= 11 is 0. The van der Waals surface area contributed by atoms with Crippen LogP contribution in [-0.2, 0) is 4.74 Å². The summed E-state index contributed by atoms with van der Waals surface area (Å²) in [6, 6.07) is 5.34. The van der Waals surface area contributed by atoms with Crippen molar-refractivity contribution < 1.29 is 19.4 Å². The molecular weight excluding hydrogens is 382 g/mol. The molecule has 160 valence electrons. The number of morpholine rings is 1. The number of pyridine rings is 2. The summed E-state index contributed by atoms with van der Waals surface area (Å²) < 4.78 is 12.0. The first kappa shape index (κ1) is 20.6. The van der Waals surface area contributed by atoms with E-state index < -0.39 is 5.97 Å². The van der Waals surface area contributed by atoms with E-state index in [1.54, 1.807) is 18.5 Å². The van der Waals surface area contributed by atoms with Crippen molar-refractivity contribution in [3.05, 3.63) is 48.0 Å². The van der Waals surface area contributed by atoms with Gasteiger partial charge in [-0.25, -0.2) is 9.78 Å². The largest absolute Gasteiger partial charge is 0.492 e. The maximum Gasteiger partial charge on any atom is 0.354 e. The fourth-order valence-electron chi connectivity index (χ4n) is 4.18. The smallest absolute Gasteiger partial charge is 0.354 e. The summed E-state index contributed by atoms with van der Waals surface area (Å²) in [6.45, 7) is 5.08. The molecule has 0 bridgehead atoms. The number of carbonyl (C=O) groups is 1. The van der Waals surface area contributed by atoms with Gasteiger partial charge in [0.1, 0.15) is 17.5 Å². The molecule has 1 saturated carbocycles. The average molecular weight is 412 g/mol. The molecule has 3 heterocycles. The zero-order valence-corrected chi connectivity index (χ0v) is 17.4. The molecule has 0 radical (unpaired) electrons. The fraction of sp³-hybridized carbons (Fsp3) is 0.522. The van der Waals surface area contributed by atoms with Gasteiger partial charge in [0, 0.05) is 30.9 Å². The minimum Gasteiger partial charge on any atom is -0.492 e. The van der Waals surface area contributed by atoms with E-state index in [-0.39, 0.29) is 11.8 Å². The Balaban J connectivity index is 1.37. The molecule has 0 spiro atoms. The zero-order valence-electron chi connectivity index (χ0n) is 17.4. The highest BCUT2D eigenvalue weighted by atomic mass is 16.5. The molecule has 1 atom stereocenters. The second kappa shape index (κ2) is 9.43. The molecule has 2 aliphatic rings. The lowest BCUT2D eigenvalue weighted by atomic mass is 9.83. The predicted molar refractivity (Wildman–Crippen MR) is 113 cm³/mol. The van der Waals surface area contributed by atoms with Gasteiger partial charge in [0.05, 0.1) is 31.3 Å². The summed E-state index contributed by atoms with van der Waals surface area (Å²) in [4.78, 5) is 21.6. The number of nitrogens with zero attached hydrogens (tertiary/aromatic N) is 3. The van der Waals surface area contributed by atoms with Crippen LogP contribution in [-0.4, -0.2) is 47.3 Å². The van der Waals surface area contributed by atoms with Crippen LogP contribution in [0.3, 0.4) is 0 Å². The topological polar surface area (TPSA) is 84.8 Å². The van der Waals surface area contributed by atoms with Crippen LogP contribution in [0.2, 0.25) is 0 Å². The third kappa shape index (κ3) is 5.08. The van der Waals surface area contributed by atoms with Crippen LogP contribution >= 0.6 is 0 Å². The SMILES string of the molecule is C[C@H]1CC[C@H](COc2cncc(N3CCOC(c4ccc(C(=O)O)nc4)C3)c2)CC1. The molecule has 30 heavy (non-hydrogen) atoms. The number of anilines is 1. The number of hydrogen-bond donors (Lipinski definition) is 1. The number of aromatic carboxylic acids is 1. The number of aromatic nitrogens is 2. The van der Waals surface area contributed by atoms with Gasteiger partial charge < -0.3 is 19.5 Å². The van der Waals surface area contributed by atoms with Crippen molar-refractivity contribution in [2.45, 2.75) is 38.7 Å². The molecular formula is C23H29N3O4. The van der Waals surface area contributed by atoms with E-state index in [2.05, 4.69) is 21.8 Å². The van der Waals surface area contributed by atoms with Crippen molar-refractivity contribution in [2.24, 2.45) is 11.8 Å². The highest BCUT2D eigenvalue weighted by molar-refractivity contribution is 5.85. The van der Waals surface area contributed by atoms with Crippen molar-refractivity contribution in [1.82, 2.24) is 9.97 Å². The van der Waals surface area contributed by atoms with E-state index in [1.807, 2.05) is 12.3 Å². The molecule has 0 aromatic carbocycles. The van der Waals surface area contributed by atoms with Crippen LogP contribution in [0.15, 0.2) is 36.8 Å². The molecule has 1 aliphatic carbocycles. The van der Waals surface area contributed by atoms with Crippen LogP contribution in [0.5, 0.6) is 5.75 Å². The lowest BCUT2D eigenvalue weighted by Gasteiger charge is -2.34. The summed E-state index contributed by atoms with van der Waals surface area (Å²) in [5, 5.41) is 9.02. The number of carboxylic acids is 1. The second-order valence-electron chi connectivity index (χ2n) is 8.40. The Hall–Kier alpha value is -2.67. The lowest BCUT2D eigenvalue weighted by molar-refractivity contribution is 0.0394. The number of rotatable bonds is 6. The number of hydrogen-bond acceptors (Lipinski definition) is 6. The molecule has 0 amide bonds. The van der Waals surface area contributed by atoms with Gasteiger partial charge in [-0.2, -0.15) is 0 Å². The van der Waals surface area contributed by atoms with Crippen molar-refractivity contribution in [3.8, 4) is 5.75 Å². The third-order valence-corrected chi connectivity index (χ3v) is 6.13. The minimum absolute atomic E-state index is 0.0351. The van der Waals surface area contributed by atoms with Gasteiger partial charge in [-0.3, -0.25) is 4.98 Å². The van der Waals surface area contributed by atoms with Gasteiger partial charge in [-0.1, -0.05) is 25.8 Å². The fourth-order valence-corrected chi connectivity index (χ4v) is 4.18. The quantitative estimate of drug-likeness (QED) is 0.770. The van der Waals surface area contributed by atoms with Gasteiger partial charge >= 0.3 is 5.97 Å². The Bertz CT molecular complexity index is 850. The summed E-state index contributed by atoms with van der Waals surface area (Å²) in [5.41, 5.74) is 1.91. The van der Waals surface area contributed by atoms with E-state index in [0.717, 1.165) is 36.1 Å². The van der Waals surface area contributed by atoms with Crippen molar-refractivity contribution in [3.63, 3.8) is 0 Å². The van der Waals surface area contributed by atoms with Crippen LogP contribution < -0.4 is 9.64 Å². The van der Waals surface area contributed by atoms with Crippen molar-refractivity contribution in [2.75, 3.05) is 31.2 Å². The number of carboxylic acid groups (broad SMARTS) is 1. The molecule has 1 unspecified atom stereocenters. The Labute approximate surface area is 177 Å². The molecule has 1 saturated heterocycles. The molecule has 4 rings (SSSR count). The van der Waals surface area contributed by atoms with E-state index in [9.17, 15) is 4.79 Å². The Kier molecular flexibility index (Phi) is 6.47. The molecule has 2 aromatic heterocycles. The Morgan fingerprint density at radius 1 is 1.23 bits per heavy atom. The molecule has 1 N–H and O–H groups in total. The Morgan fingerprint density at radius 2 is 2.07 bits per heavy atom. The van der Waals surface area contributed by atoms with Crippen molar-refractivity contribution >= 4 is 11.7 Å². The maximum atomic E-state index is 11.0. The van der Waals surface area contributed by atoms with E-state index >= 15 is 0 Å². The Morgan fingerprint density at radius 3 is 2.80 bits per heavy atom. The second-order valence-corrected chi connectivity index (χ2v) is 8.40. The highest BCUT2D eigenvalue weighted by Crippen LogP contribution is 2.30. The minimum atomic E-state index is -1.03. The predicted octanol–water partition coefficient (Wildman–Crippen LogP) is 3.96. The summed E-state index contributed by atoms with van der Waals surface area (Å²) in [5.74, 6) is 1.26. The zero-order chi connectivity index (χ0) is 20.9. The first-order valence-electron chi connectivity index (χ1n) is 10.7. The third-order valence-electron chi connectivity index (χ3n) is 6.13. The average Bonchev–Trinajstić information content (AvgIpc) is 2.79. The van der Waals surface area contributed by atoms with Crippen LogP contribution in [0.4, 0.5) is 5.69 Å². The van der Waals surface area contributed by atoms with E-state index in [1.165, 1.54) is 31.7 Å². The standard InChI is InChI=1S/C23H29N3O4/c1-16-2-4-17(5-3-16)15-30-20-10-19(12-24-13-20)26-8-9-29-22(14-26)18-6-7-21(23(27)28)25-11-18/h6-7,10-13,16-17,22H,2-5,8-9,14-15H2,1H3,(H,27,28)/t16-,17-,22?. The molecule has 2 fully saturated rings. The highest BCUT2D eigenvalue weighted by Gasteiger charge is 2.24. The van der Waals surface area contributed by atoms with Gasteiger partial charge in [0.25, 0.3) is 0 Å². The van der Waals surface area contributed by atoms with Gasteiger partial charge in [-0.05, 0) is 30.7 Å². The normalized spacial score (nSPS) is 24.4. The lowest BCUT2D eigenvalue weighted by Crippen LogP contribution is -2.38. The summed E-state index contributed by atoms with van der Waals surface area (Å²) in [6.07, 6.45) is 10.1. The van der Waals surface area contributed by atoms with Gasteiger partial charge in [0.15, 0.2) is 0 Å². The molecule has 7 heteroatoms. The molecule has 2 aromatic rings. The van der Waals surface area contributed by atoms with Gasteiger partial charge in [0.2, 0.25) is 0 Å². The van der Waals surface area contributed by atoms with Crippen molar-refractivity contribution in [1.29, 1.82) is 0 Å². The van der Waals surface area contributed by atoms with Crippen LogP contribution in [0, 0.1) is 11.8 Å². The molecule has 1 aliphatic heterocycles. The van der Waals surface area contributed by atoms with E-state index in [0.29, 0.717) is 19.1 Å². The first-order chi connectivity index (χ1) is 14.6. The van der Waals surface area contributed by atoms with Crippen LogP contribution in [0.1, 0.15) is 54.8 Å². The maximum absolute atomic E-state index is 11.0. The summed E-state index contributed by atoms with van der Waals surface area (Å²) in [7, 11) is 0. The van der Waals surface area contributed by atoms with E-state index in [4.69, 9.17) is 14.6 Å². The van der Waals surface area contributed by atoms with Gasteiger partial charge in [-0.15, -0.1) is 0 Å².